The van der Waals surface area contributed by atoms with Crippen LogP contribution in [0.5, 0.6) is 11.5 Å². The topological polar surface area (TPSA) is 62.1 Å². The molecule has 0 atom stereocenters. The molecule has 7 nitrogen and oxygen atoms in total. The molecule has 0 aliphatic carbocycles. The molecule has 35 heavy (non-hydrogen) atoms. The van der Waals surface area contributed by atoms with Gasteiger partial charge >= 0.3 is 6.03 Å². The quantitative estimate of drug-likeness (QED) is 0.435. The fraction of sp³-hybridized carbons (Fsp3) is 0.296. The number of hydrogen-bond acceptors (Lipinski definition) is 4. The molecule has 1 N–H and O–H groups in total. The Morgan fingerprint density at radius 3 is 2.54 bits per heavy atom. The number of nitrogens with one attached hydrogen (secondary N) is 1. The Morgan fingerprint density at radius 1 is 1.09 bits per heavy atom. The molecule has 0 unspecified atom stereocenters. The number of piperidine rings is 1. The number of carbonyl (C=O) groups excluding carboxylic acids is 1. The van der Waals surface area contributed by atoms with Crippen molar-refractivity contribution in [3.63, 3.8) is 0 Å². The van der Waals surface area contributed by atoms with E-state index in [1.54, 1.807) is 12.1 Å². The molecular formula is C27H26ClN5O2. The number of aromatic nitrogens is 1. The molecule has 2 aromatic carbocycles. The summed E-state index contributed by atoms with van der Waals surface area (Å²) in [6, 6.07) is 18.8. The van der Waals surface area contributed by atoms with Gasteiger partial charge in [-0.15, -0.1) is 4.98 Å². The minimum absolute atomic E-state index is 0.104. The van der Waals surface area contributed by atoms with Crippen molar-refractivity contribution in [3.05, 3.63) is 88.9 Å². The minimum Gasteiger partial charge on any atom is -0.457 e. The van der Waals surface area contributed by atoms with E-state index in [4.69, 9.17) is 22.9 Å². The van der Waals surface area contributed by atoms with E-state index < -0.39 is 0 Å². The minimum atomic E-state index is -0.104. The molecule has 8 heteroatoms. The Hall–Kier alpha value is -3.60. The Morgan fingerprint density at radius 2 is 1.86 bits per heavy atom. The van der Waals surface area contributed by atoms with Crippen molar-refractivity contribution in [1.82, 2.24) is 14.8 Å². The summed E-state index contributed by atoms with van der Waals surface area (Å²) in [5.74, 6) is 1.90. The molecular weight excluding hydrogens is 462 g/mol. The smallest absolute Gasteiger partial charge is 0.321 e. The highest BCUT2D eigenvalue weighted by molar-refractivity contribution is 6.30. The summed E-state index contributed by atoms with van der Waals surface area (Å²) in [5, 5.41) is 3.57. The van der Waals surface area contributed by atoms with E-state index in [0.29, 0.717) is 16.5 Å². The van der Waals surface area contributed by atoms with Crippen molar-refractivity contribution in [2.45, 2.75) is 19.4 Å². The van der Waals surface area contributed by atoms with Crippen LogP contribution in [-0.2, 0) is 6.54 Å². The van der Waals surface area contributed by atoms with E-state index in [1.807, 2.05) is 41.3 Å². The van der Waals surface area contributed by atoms with Gasteiger partial charge in [0, 0.05) is 30.1 Å². The number of carbonyl (C=O) groups is 1. The summed E-state index contributed by atoms with van der Waals surface area (Å²) in [6.07, 6.45) is 3.69. The summed E-state index contributed by atoms with van der Waals surface area (Å²) in [4.78, 5) is 24.2. The largest absolute Gasteiger partial charge is 0.457 e. The first-order chi connectivity index (χ1) is 17.0. The molecule has 5 rings (SSSR count). The fourth-order valence-corrected chi connectivity index (χ4v) is 4.87. The van der Waals surface area contributed by atoms with Gasteiger partial charge in [0.1, 0.15) is 17.7 Å². The molecule has 2 fully saturated rings. The number of hydrogen-bond donors (Lipinski definition) is 1. The van der Waals surface area contributed by atoms with Crippen molar-refractivity contribution < 1.29 is 9.53 Å². The average Bonchev–Trinajstić information content (AvgIpc) is 2.85. The number of ether oxygens (including phenoxy) is 1. The number of amides is 2. The summed E-state index contributed by atoms with van der Waals surface area (Å²) >= 11 is 5.95. The SMILES string of the molecule is [C-]#[N+]c1ccc(NC(=O)N2CC3(CCN(Cc4cccc(Oc5ccc(Cl)cc5)c4)CC3)C2)cn1. The van der Waals surface area contributed by atoms with Crippen molar-refractivity contribution in [2.24, 2.45) is 5.41 Å². The van der Waals surface area contributed by atoms with Crippen LogP contribution in [0.3, 0.4) is 0 Å². The van der Waals surface area contributed by atoms with Crippen LogP contribution in [0.2, 0.25) is 5.02 Å². The monoisotopic (exact) mass is 487 g/mol. The number of anilines is 1. The highest BCUT2D eigenvalue weighted by Gasteiger charge is 2.46. The molecule has 178 valence electrons. The molecule has 0 bridgehead atoms. The van der Waals surface area contributed by atoms with E-state index in [-0.39, 0.29) is 11.4 Å². The molecule has 3 heterocycles. The zero-order valence-corrected chi connectivity index (χ0v) is 20.0. The lowest BCUT2D eigenvalue weighted by Gasteiger charge is -2.53. The van der Waals surface area contributed by atoms with Gasteiger partial charge < -0.3 is 19.8 Å². The van der Waals surface area contributed by atoms with Gasteiger partial charge in [-0.05, 0) is 80.0 Å². The van der Waals surface area contributed by atoms with E-state index in [1.165, 1.54) is 11.8 Å². The van der Waals surface area contributed by atoms with Gasteiger partial charge in [0.05, 0.1) is 5.69 Å². The third-order valence-electron chi connectivity index (χ3n) is 6.72. The van der Waals surface area contributed by atoms with Crippen LogP contribution in [0.25, 0.3) is 4.85 Å². The van der Waals surface area contributed by atoms with E-state index in [9.17, 15) is 4.79 Å². The van der Waals surface area contributed by atoms with Crippen LogP contribution in [0.4, 0.5) is 16.3 Å². The normalized spacial score (nSPS) is 16.9. The molecule has 1 spiro atoms. The number of nitrogens with zero attached hydrogens (tertiary/aromatic N) is 4. The standard InChI is InChI=1S/C27H26ClN5O2/c1-29-25-10-7-22(16-30-25)31-26(34)33-18-27(19-33)11-13-32(14-12-27)17-20-3-2-4-24(15-20)35-23-8-5-21(28)6-9-23/h2-10,15-16H,11-14,17-19H2,(H,31,34). The first-order valence-electron chi connectivity index (χ1n) is 11.6. The van der Waals surface area contributed by atoms with Crippen LogP contribution in [0.1, 0.15) is 18.4 Å². The number of rotatable bonds is 5. The first kappa shape index (κ1) is 23.2. The molecule has 1 aromatic heterocycles. The molecule has 0 saturated carbocycles. The van der Waals surface area contributed by atoms with Gasteiger partial charge in [-0.2, -0.15) is 0 Å². The molecule has 2 saturated heterocycles. The first-order valence-corrected chi connectivity index (χ1v) is 12.0. The zero-order valence-electron chi connectivity index (χ0n) is 19.3. The van der Waals surface area contributed by atoms with Gasteiger partial charge in [-0.3, -0.25) is 4.90 Å². The number of urea groups is 1. The summed E-state index contributed by atoms with van der Waals surface area (Å²) in [5.41, 5.74) is 2.06. The summed E-state index contributed by atoms with van der Waals surface area (Å²) in [6.45, 7) is 11.4. The maximum atomic E-state index is 12.6. The van der Waals surface area contributed by atoms with Gasteiger partial charge in [-0.25, -0.2) is 4.79 Å². The van der Waals surface area contributed by atoms with E-state index >= 15 is 0 Å². The summed E-state index contributed by atoms with van der Waals surface area (Å²) < 4.78 is 5.97. The van der Waals surface area contributed by atoms with Crippen LogP contribution in [0.15, 0.2) is 66.9 Å². The molecule has 2 aliphatic heterocycles. The van der Waals surface area contributed by atoms with Crippen LogP contribution >= 0.6 is 11.6 Å². The average molecular weight is 488 g/mol. The zero-order chi connectivity index (χ0) is 24.3. The maximum Gasteiger partial charge on any atom is 0.321 e. The van der Waals surface area contributed by atoms with Gasteiger partial charge in [-0.1, -0.05) is 30.3 Å². The van der Waals surface area contributed by atoms with Gasteiger partial charge in [0.15, 0.2) is 0 Å². The fourth-order valence-electron chi connectivity index (χ4n) is 4.74. The highest BCUT2D eigenvalue weighted by Crippen LogP contribution is 2.41. The number of halogens is 1. The van der Waals surface area contributed by atoms with Crippen LogP contribution < -0.4 is 10.1 Å². The summed E-state index contributed by atoms with van der Waals surface area (Å²) in [7, 11) is 0. The van der Waals surface area contributed by atoms with Gasteiger partial charge in [0.25, 0.3) is 5.82 Å². The predicted molar refractivity (Wildman–Crippen MR) is 136 cm³/mol. The Bertz CT molecular complexity index is 1220. The van der Waals surface area contributed by atoms with Crippen LogP contribution in [-0.4, -0.2) is 47.0 Å². The molecule has 0 radical (unpaired) electrons. The molecule has 2 aliphatic rings. The van der Waals surface area contributed by atoms with E-state index in [2.05, 4.69) is 32.2 Å². The Labute approximate surface area is 210 Å². The lowest BCUT2D eigenvalue weighted by molar-refractivity contribution is -0.0200. The number of benzene rings is 2. The second-order valence-electron chi connectivity index (χ2n) is 9.28. The van der Waals surface area contributed by atoms with Crippen molar-refractivity contribution in [1.29, 1.82) is 0 Å². The second-order valence-corrected chi connectivity index (χ2v) is 9.72. The lowest BCUT2D eigenvalue weighted by atomic mass is 9.72. The second kappa shape index (κ2) is 9.95. The van der Waals surface area contributed by atoms with Crippen molar-refractivity contribution in [3.8, 4) is 11.5 Å². The number of pyridine rings is 1. The number of likely N-dealkylation sites (tertiary alicyclic amines) is 2. The lowest BCUT2D eigenvalue weighted by Crippen LogP contribution is -2.62. The molecule has 3 aromatic rings. The maximum absolute atomic E-state index is 12.6. The third-order valence-corrected chi connectivity index (χ3v) is 6.98. The van der Waals surface area contributed by atoms with Crippen molar-refractivity contribution >= 4 is 29.1 Å². The Kier molecular flexibility index (Phi) is 6.58. The predicted octanol–water partition coefficient (Wildman–Crippen LogP) is 6.21. The highest BCUT2D eigenvalue weighted by atomic mass is 35.5. The Balaban J connectivity index is 1.09. The van der Waals surface area contributed by atoms with Crippen LogP contribution in [0, 0.1) is 12.0 Å². The third kappa shape index (κ3) is 5.56. The van der Waals surface area contributed by atoms with Gasteiger partial charge in [0.2, 0.25) is 0 Å². The molecule has 2 amide bonds. The van der Waals surface area contributed by atoms with Crippen molar-refractivity contribution in [2.75, 3.05) is 31.5 Å². The van der Waals surface area contributed by atoms with E-state index in [0.717, 1.165) is 57.1 Å².